The number of aromatic carboxylic acids is 1. The summed E-state index contributed by atoms with van der Waals surface area (Å²) in [4.78, 5) is 35.4. The third-order valence-electron chi connectivity index (χ3n) is 4.20. The fourth-order valence-corrected chi connectivity index (χ4v) is 2.63. The second kappa shape index (κ2) is 8.85. The van der Waals surface area contributed by atoms with Crippen molar-refractivity contribution >= 4 is 23.5 Å². The average Bonchev–Trinajstić information content (AvgIpc) is 2.66. The van der Waals surface area contributed by atoms with Crippen LogP contribution < -0.4 is 5.32 Å². The first kappa shape index (κ1) is 21.4. The van der Waals surface area contributed by atoms with E-state index >= 15 is 0 Å². The number of carbonyl (C=O) groups is 3. The molecular weight excluding hydrogens is 386 g/mol. The zero-order valence-corrected chi connectivity index (χ0v) is 14.4. The molecule has 0 saturated carbocycles. The predicted octanol–water partition coefficient (Wildman–Crippen LogP) is 3.35. The van der Waals surface area contributed by atoms with E-state index in [1.807, 2.05) is 0 Å². The van der Waals surface area contributed by atoms with Gasteiger partial charge in [-0.05, 0) is 37.1 Å². The molecular formula is C18H17F4NO5. The normalized spacial score (nSPS) is 19.3. The van der Waals surface area contributed by atoms with Crippen molar-refractivity contribution in [3.05, 3.63) is 42.0 Å². The van der Waals surface area contributed by atoms with E-state index in [-0.39, 0.29) is 24.1 Å². The molecule has 1 aromatic carbocycles. The van der Waals surface area contributed by atoms with E-state index in [9.17, 15) is 31.9 Å². The maximum absolute atomic E-state index is 12.9. The molecule has 1 aromatic rings. The molecule has 0 spiro atoms. The second-order valence-electron chi connectivity index (χ2n) is 6.20. The summed E-state index contributed by atoms with van der Waals surface area (Å²) in [6.07, 6.45) is -0.601. The molecule has 2 atom stereocenters. The molecule has 2 rings (SSSR count). The number of hydrogen-bond acceptors (Lipinski definition) is 4. The van der Waals surface area contributed by atoms with Gasteiger partial charge in [-0.2, -0.15) is 8.78 Å². The number of alkyl halides is 4. The summed E-state index contributed by atoms with van der Waals surface area (Å²) in [5.74, 6) is -9.42. The lowest BCUT2D eigenvalue weighted by molar-refractivity contribution is -0.184. The summed E-state index contributed by atoms with van der Waals surface area (Å²) in [6, 6.07) is 5.26. The maximum Gasteiger partial charge on any atom is 0.340 e. The van der Waals surface area contributed by atoms with Crippen LogP contribution in [0.2, 0.25) is 0 Å². The van der Waals surface area contributed by atoms with Gasteiger partial charge in [-0.25, -0.2) is 13.6 Å². The van der Waals surface area contributed by atoms with E-state index in [1.165, 1.54) is 24.3 Å². The molecule has 1 aliphatic carbocycles. The van der Waals surface area contributed by atoms with Gasteiger partial charge in [-0.15, -0.1) is 0 Å². The van der Waals surface area contributed by atoms with E-state index < -0.39 is 48.6 Å². The summed E-state index contributed by atoms with van der Waals surface area (Å²) in [5.41, 5.74) is 0.293. The number of nitrogens with one attached hydrogen (secondary N) is 1. The van der Waals surface area contributed by atoms with Crippen LogP contribution in [0, 0.1) is 11.8 Å². The number of carbonyl (C=O) groups excluding carboxylic acids is 2. The Morgan fingerprint density at radius 3 is 2.21 bits per heavy atom. The van der Waals surface area contributed by atoms with Crippen molar-refractivity contribution in [2.75, 3.05) is 11.9 Å². The van der Waals surface area contributed by atoms with E-state index in [0.717, 1.165) is 0 Å². The van der Waals surface area contributed by atoms with E-state index in [0.29, 0.717) is 0 Å². The molecule has 0 saturated heterocycles. The molecule has 0 aliphatic heterocycles. The van der Waals surface area contributed by atoms with E-state index in [1.54, 1.807) is 12.2 Å². The number of allylic oxidation sites excluding steroid dienone is 2. The first-order chi connectivity index (χ1) is 13.1. The number of rotatable bonds is 7. The molecule has 1 amide bonds. The summed E-state index contributed by atoms with van der Waals surface area (Å²) in [6.45, 7) is -1.77. The summed E-state index contributed by atoms with van der Waals surface area (Å²) in [7, 11) is 0. The fraction of sp³-hybridized carbons (Fsp3) is 0.389. The minimum absolute atomic E-state index is 0.0139. The van der Waals surface area contributed by atoms with Crippen LogP contribution in [-0.2, 0) is 14.3 Å². The van der Waals surface area contributed by atoms with Crippen molar-refractivity contribution in [1.82, 2.24) is 0 Å². The van der Waals surface area contributed by atoms with Crippen LogP contribution in [0.15, 0.2) is 36.4 Å². The third kappa shape index (κ3) is 5.30. The monoisotopic (exact) mass is 403 g/mol. The van der Waals surface area contributed by atoms with Gasteiger partial charge in [0.25, 0.3) is 0 Å². The Bertz CT molecular complexity index is 764. The quantitative estimate of drug-likeness (QED) is 0.414. The Labute approximate surface area is 157 Å². The van der Waals surface area contributed by atoms with Gasteiger partial charge < -0.3 is 15.2 Å². The van der Waals surface area contributed by atoms with Crippen molar-refractivity contribution in [2.45, 2.75) is 25.2 Å². The molecule has 1 aliphatic rings. The highest BCUT2D eigenvalue weighted by Crippen LogP contribution is 2.30. The van der Waals surface area contributed by atoms with Crippen molar-refractivity contribution in [3.63, 3.8) is 0 Å². The number of anilines is 1. The SMILES string of the molecule is O=C(O)c1ccc(NC(=O)C2CC=CCC2C(=O)OCC(F)(F)C(F)F)cc1. The van der Waals surface area contributed by atoms with Crippen molar-refractivity contribution in [1.29, 1.82) is 0 Å². The Hall–Kier alpha value is -2.91. The van der Waals surface area contributed by atoms with Gasteiger partial charge in [0.1, 0.15) is 0 Å². The highest BCUT2D eigenvalue weighted by atomic mass is 19.3. The standard InChI is InChI=1S/C18H17F4NO5/c19-17(20)18(21,22)9-28-16(27)13-4-2-1-3-12(13)14(24)23-11-7-5-10(6-8-11)15(25)26/h1-2,5-8,12-13,17H,3-4,9H2,(H,23,24)(H,25,26). The van der Waals surface area contributed by atoms with Crippen molar-refractivity contribution in [3.8, 4) is 0 Å². The number of esters is 1. The van der Waals surface area contributed by atoms with Crippen LogP contribution in [0.1, 0.15) is 23.2 Å². The molecule has 0 fully saturated rings. The van der Waals surface area contributed by atoms with Gasteiger partial charge in [0.2, 0.25) is 5.91 Å². The predicted molar refractivity (Wildman–Crippen MR) is 89.3 cm³/mol. The third-order valence-corrected chi connectivity index (χ3v) is 4.20. The molecule has 2 N–H and O–H groups in total. The van der Waals surface area contributed by atoms with Gasteiger partial charge in [-0.3, -0.25) is 9.59 Å². The highest BCUT2D eigenvalue weighted by molar-refractivity contribution is 5.96. The molecule has 152 valence electrons. The first-order valence-electron chi connectivity index (χ1n) is 8.23. The smallest absolute Gasteiger partial charge is 0.340 e. The zero-order chi connectivity index (χ0) is 20.9. The number of carboxylic acid groups (broad SMARTS) is 1. The molecule has 0 bridgehead atoms. The van der Waals surface area contributed by atoms with E-state index in [2.05, 4.69) is 10.1 Å². The number of ether oxygens (including phenoxy) is 1. The van der Waals surface area contributed by atoms with E-state index in [4.69, 9.17) is 5.11 Å². The number of benzene rings is 1. The number of amides is 1. The number of carboxylic acids is 1. The summed E-state index contributed by atoms with van der Waals surface area (Å²) < 4.78 is 54.6. The lowest BCUT2D eigenvalue weighted by Crippen LogP contribution is -2.39. The van der Waals surface area contributed by atoms with Gasteiger partial charge in [0, 0.05) is 5.69 Å². The van der Waals surface area contributed by atoms with Crippen LogP contribution >= 0.6 is 0 Å². The summed E-state index contributed by atoms with van der Waals surface area (Å²) >= 11 is 0. The van der Waals surface area contributed by atoms with Crippen molar-refractivity contribution < 1.29 is 41.8 Å². The molecule has 2 unspecified atom stereocenters. The van der Waals surface area contributed by atoms with Gasteiger partial charge in [0.05, 0.1) is 17.4 Å². The number of halogens is 4. The Morgan fingerprint density at radius 1 is 1.11 bits per heavy atom. The zero-order valence-electron chi connectivity index (χ0n) is 14.4. The van der Waals surface area contributed by atoms with Crippen LogP contribution in [0.5, 0.6) is 0 Å². The molecule has 0 heterocycles. The largest absolute Gasteiger partial charge is 0.478 e. The minimum Gasteiger partial charge on any atom is -0.478 e. The molecule has 10 heteroatoms. The molecule has 6 nitrogen and oxygen atoms in total. The maximum atomic E-state index is 12.9. The molecule has 28 heavy (non-hydrogen) atoms. The summed E-state index contributed by atoms with van der Waals surface area (Å²) in [5, 5.41) is 11.4. The lowest BCUT2D eigenvalue weighted by Gasteiger charge is -2.26. The Kier molecular flexibility index (Phi) is 6.76. The first-order valence-corrected chi connectivity index (χ1v) is 8.23. The lowest BCUT2D eigenvalue weighted by atomic mass is 9.82. The van der Waals surface area contributed by atoms with Crippen LogP contribution in [0.4, 0.5) is 23.2 Å². The molecule has 0 radical (unpaired) electrons. The fourth-order valence-electron chi connectivity index (χ4n) is 2.63. The Balaban J connectivity index is 2.03. The van der Waals surface area contributed by atoms with Crippen molar-refractivity contribution in [2.24, 2.45) is 11.8 Å². The van der Waals surface area contributed by atoms with Crippen LogP contribution in [0.25, 0.3) is 0 Å². The molecule has 0 aromatic heterocycles. The topological polar surface area (TPSA) is 92.7 Å². The van der Waals surface area contributed by atoms with Gasteiger partial charge in [0.15, 0.2) is 6.61 Å². The average molecular weight is 403 g/mol. The highest BCUT2D eigenvalue weighted by Gasteiger charge is 2.43. The number of hydrogen-bond donors (Lipinski definition) is 2. The minimum atomic E-state index is -4.47. The van der Waals surface area contributed by atoms with Gasteiger partial charge in [-0.1, -0.05) is 12.2 Å². The van der Waals surface area contributed by atoms with Crippen LogP contribution in [0.3, 0.4) is 0 Å². The van der Waals surface area contributed by atoms with Gasteiger partial charge >= 0.3 is 24.3 Å². The second-order valence-corrected chi connectivity index (χ2v) is 6.20. The Morgan fingerprint density at radius 2 is 1.68 bits per heavy atom. The van der Waals surface area contributed by atoms with Crippen LogP contribution in [-0.4, -0.2) is 41.9 Å².